The summed E-state index contributed by atoms with van der Waals surface area (Å²) in [4.78, 5) is 0. The highest BCUT2D eigenvalue weighted by Gasteiger charge is 2.26. The number of hydrogen-bond acceptors (Lipinski definition) is 1. The minimum absolute atomic E-state index is 0.110. The monoisotopic (exact) mass is 168 g/mol. The summed E-state index contributed by atoms with van der Waals surface area (Å²) in [5.74, 6) is 0. The van der Waals surface area contributed by atoms with Crippen LogP contribution in [-0.4, -0.2) is 11.3 Å². The van der Waals surface area contributed by atoms with Crippen LogP contribution in [-0.2, 0) is 4.57 Å². The fourth-order valence-electron chi connectivity index (χ4n) is 0.596. The van der Waals surface area contributed by atoms with Crippen LogP contribution < -0.4 is 0 Å². The third kappa shape index (κ3) is 2.31. The van der Waals surface area contributed by atoms with Crippen molar-refractivity contribution in [1.82, 2.24) is 0 Å². The van der Waals surface area contributed by atoms with Crippen molar-refractivity contribution in [3.05, 3.63) is 0 Å². The molecular formula is C6H14ClOP. The highest BCUT2D eigenvalue weighted by molar-refractivity contribution is 7.90. The summed E-state index contributed by atoms with van der Waals surface area (Å²) in [5.41, 5.74) is 0.221. The van der Waals surface area contributed by atoms with Gasteiger partial charge in [0.1, 0.15) is 0 Å². The van der Waals surface area contributed by atoms with Crippen LogP contribution in [0.5, 0.6) is 0 Å². The summed E-state index contributed by atoms with van der Waals surface area (Å²) in [6.07, 6.45) is 0. The molecule has 3 heteroatoms. The lowest BCUT2D eigenvalue weighted by Gasteiger charge is -2.17. The van der Waals surface area contributed by atoms with E-state index in [0.29, 0.717) is 0 Å². The van der Waals surface area contributed by atoms with Crippen molar-refractivity contribution >= 4 is 17.7 Å². The van der Waals surface area contributed by atoms with Gasteiger partial charge in [-0.25, -0.2) is 0 Å². The molecule has 0 aliphatic carbocycles. The van der Waals surface area contributed by atoms with Crippen LogP contribution in [0.2, 0.25) is 0 Å². The Labute approximate surface area is 61.9 Å². The van der Waals surface area contributed by atoms with Gasteiger partial charge in [0, 0.05) is 11.3 Å². The first-order valence-electron chi connectivity index (χ1n) is 3.18. The van der Waals surface area contributed by atoms with E-state index in [2.05, 4.69) is 0 Å². The maximum atomic E-state index is 11.4. The van der Waals surface area contributed by atoms with Gasteiger partial charge in [0.15, 0.2) is 6.49 Å². The summed E-state index contributed by atoms with van der Waals surface area (Å²) in [6.45, 7) is 5.22. The second-order valence-electron chi connectivity index (χ2n) is 2.81. The summed E-state index contributed by atoms with van der Waals surface area (Å²) in [6, 6.07) is 0. The van der Waals surface area contributed by atoms with Gasteiger partial charge in [0.25, 0.3) is 0 Å². The third-order valence-corrected chi connectivity index (χ3v) is 6.57. The van der Waals surface area contributed by atoms with Crippen molar-refractivity contribution in [2.45, 2.75) is 39.0 Å². The molecule has 0 rings (SSSR count). The fourth-order valence-corrected chi connectivity index (χ4v) is 1.79. The van der Waals surface area contributed by atoms with Crippen LogP contribution in [0.4, 0.5) is 0 Å². The zero-order valence-corrected chi connectivity index (χ0v) is 8.04. The quantitative estimate of drug-likeness (QED) is 0.578. The van der Waals surface area contributed by atoms with Gasteiger partial charge in [-0.2, -0.15) is 0 Å². The van der Waals surface area contributed by atoms with Crippen LogP contribution >= 0.6 is 17.7 Å². The van der Waals surface area contributed by atoms with E-state index in [0.717, 1.165) is 0 Å². The van der Waals surface area contributed by atoms with Crippen LogP contribution in [0.25, 0.3) is 0 Å². The van der Waals surface area contributed by atoms with Gasteiger partial charge in [-0.05, 0) is 0 Å². The molecule has 0 fully saturated rings. The topological polar surface area (TPSA) is 17.1 Å². The Hall–Kier alpha value is 0.520. The van der Waals surface area contributed by atoms with Gasteiger partial charge in [0.2, 0.25) is 0 Å². The molecule has 0 aromatic heterocycles. The smallest absolute Gasteiger partial charge is 0.174 e. The molecule has 0 aliphatic rings. The molecule has 0 N–H and O–H groups in total. The maximum Gasteiger partial charge on any atom is 0.174 e. The Kier molecular flexibility index (Phi) is 3.25. The first-order valence-corrected chi connectivity index (χ1v) is 5.93. The van der Waals surface area contributed by atoms with E-state index in [1.54, 1.807) is 0 Å². The molecule has 1 nitrogen and oxygen atoms in total. The lowest BCUT2D eigenvalue weighted by atomic mass is 10.5. The minimum atomic E-state index is -2.36. The lowest BCUT2D eigenvalue weighted by molar-refractivity contribution is 0.572. The third-order valence-electron chi connectivity index (χ3n) is 1.41. The molecule has 0 unspecified atom stereocenters. The second kappa shape index (κ2) is 3.07. The molecule has 0 amide bonds. The normalized spacial score (nSPS) is 13.2. The molecule has 0 bridgehead atoms. The fraction of sp³-hybridized carbons (Fsp3) is 1.00. The summed E-state index contributed by atoms with van der Waals surface area (Å²) in [7, 11) is 0. The first kappa shape index (κ1) is 9.52. The van der Waals surface area contributed by atoms with Gasteiger partial charge in [-0.3, -0.25) is 0 Å². The van der Waals surface area contributed by atoms with Crippen LogP contribution in [0.15, 0.2) is 0 Å². The summed E-state index contributed by atoms with van der Waals surface area (Å²) < 4.78 is 11.4. The molecule has 0 atom stereocenters. The van der Waals surface area contributed by atoms with Crippen LogP contribution in [0.1, 0.15) is 27.7 Å². The Bertz CT molecular complexity index is 119. The van der Waals surface area contributed by atoms with Crippen LogP contribution in [0, 0.1) is 0 Å². The van der Waals surface area contributed by atoms with Crippen molar-refractivity contribution in [1.29, 1.82) is 0 Å². The minimum Gasteiger partial charge on any atom is -0.306 e. The molecule has 0 aromatic carbocycles. The van der Waals surface area contributed by atoms with E-state index >= 15 is 0 Å². The molecule has 0 heterocycles. The largest absolute Gasteiger partial charge is 0.306 e. The van der Waals surface area contributed by atoms with Gasteiger partial charge >= 0.3 is 0 Å². The maximum absolute atomic E-state index is 11.4. The first-order chi connectivity index (χ1) is 3.89. The van der Waals surface area contributed by atoms with E-state index in [-0.39, 0.29) is 11.3 Å². The predicted octanol–water partition coefficient (Wildman–Crippen LogP) is 3.32. The lowest BCUT2D eigenvalue weighted by Crippen LogP contribution is -2.02. The Morgan fingerprint density at radius 1 is 1.11 bits per heavy atom. The van der Waals surface area contributed by atoms with Crippen molar-refractivity contribution < 1.29 is 4.57 Å². The van der Waals surface area contributed by atoms with Gasteiger partial charge in [-0.15, -0.1) is 0 Å². The Balaban J connectivity index is 4.21. The highest BCUT2D eigenvalue weighted by atomic mass is 35.7. The standard InChI is InChI=1S/C6H14ClOP/c1-5(2)9(7,8)6(3)4/h5-6H,1-4H3. The van der Waals surface area contributed by atoms with Gasteiger partial charge in [-0.1, -0.05) is 38.9 Å². The molecule has 0 radical (unpaired) electrons. The van der Waals surface area contributed by atoms with E-state index in [9.17, 15) is 4.57 Å². The van der Waals surface area contributed by atoms with Crippen molar-refractivity contribution in [2.75, 3.05) is 0 Å². The average Bonchev–Trinajstić information content (AvgIpc) is 1.65. The number of hydrogen-bond donors (Lipinski definition) is 0. The summed E-state index contributed by atoms with van der Waals surface area (Å²) >= 11 is 5.76. The molecular weight excluding hydrogens is 154 g/mol. The molecule has 0 saturated heterocycles. The highest BCUT2D eigenvalue weighted by Crippen LogP contribution is 2.59. The average molecular weight is 169 g/mol. The summed E-state index contributed by atoms with van der Waals surface area (Å²) in [5, 5.41) is 0. The molecule has 0 aromatic rings. The predicted molar refractivity (Wildman–Crippen MR) is 43.7 cm³/mol. The van der Waals surface area contributed by atoms with E-state index in [1.165, 1.54) is 0 Å². The Morgan fingerprint density at radius 3 is 1.33 bits per heavy atom. The van der Waals surface area contributed by atoms with Gasteiger partial charge < -0.3 is 4.57 Å². The second-order valence-corrected chi connectivity index (χ2v) is 7.71. The number of halogens is 1. The van der Waals surface area contributed by atoms with E-state index in [1.807, 2.05) is 27.7 Å². The van der Waals surface area contributed by atoms with Crippen molar-refractivity contribution in [3.8, 4) is 0 Å². The Morgan fingerprint density at radius 2 is 1.33 bits per heavy atom. The molecule has 0 saturated carbocycles. The molecule has 9 heavy (non-hydrogen) atoms. The molecule has 0 aliphatic heterocycles. The van der Waals surface area contributed by atoms with Gasteiger partial charge in [0.05, 0.1) is 0 Å². The number of rotatable bonds is 2. The molecule has 0 spiro atoms. The van der Waals surface area contributed by atoms with Crippen molar-refractivity contribution in [3.63, 3.8) is 0 Å². The zero-order valence-electron chi connectivity index (χ0n) is 6.39. The van der Waals surface area contributed by atoms with Crippen LogP contribution in [0.3, 0.4) is 0 Å². The molecule has 56 valence electrons. The van der Waals surface area contributed by atoms with Crippen molar-refractivity contribution in [2.24, 2.45) is 0 Å². The van der Waals surface area contributed by atoms with E-state index in [4.69, 9.17) is 11.2 Å². The zero-order chi connectivity index (χ0) is 7.65. The van der Waals surface area contributed by atoms with E-state index < -0.39 is 6.49 Å². The SMILES string of the molecule is CC(C)P(=O)(Cl)C(C)C.